The minimum Gasteiger partial charge on any atom is -0.508 e. The average molecular weight is 1530 g/mol. The Morgan fingerprint density at radius 3 is 1.56 bits per heavy atom. The predicted molar refractivity (Wildman–Crippen MR) is 387 cm³/mol. The summed E-state index contributed by atoms with van der Waals surface area (Å²) in [6.45, 7) is -2.60. The van der Waals surface area contributed by atoms with Crippen LogP contribution < -0.4 is 110 Å². The second-order valence-corrected chi connectivity index (χ2v) is 27.0. The lowest BCUT2D eigenvalue weighted by Gasteiger charge is -2.30. The van der Waals surface area contributed by atoms with Gasteiger partial charge in [0.05, 0.1) is 19.6 Å². The number of guanidine groups is 4. The van der Waals surface area contributed by atoms with Crippen LogP contribution in [0.3, 0.4) is 0 Å². The van der Waals surface area contributed by atoms with Crippen molar-refractivity contribution in [2.75, 3.05) is 57.4 Å². The summed E-state index contributed by atoms with van der Waals surface area (Å²) >= 11 is 0. The Kier molecular flexibility index (Phi) is 37.4. The number of hydrogen-bond donors (Lipinski definition) is 24. The molecule has 1 aromatic carbocycles. The van der Waals surface area contributed by atoms with Crippen LogP contribution in [0.5, 0.6) is 5.75 Å². The number of rotatable bonds is 26. The molecule has 2 bridgehead atoms. The third kappa shape index (κ3) is 31.2. The van der Waals surface area contributed by atoms with Crippen LogP contribution >= 0.6 is 21.6 Å². The minimum absolute atomic E-state index is 0.00877. The zero-order chi connectivity index (χ0) is 78.6. The van der Waals surface area contributed by atoms with Crippen molar-refractivity contribution in [2.24, 2.45) is 71.6 Å². The largest absolute Gasteiger partial charge is 0.508 e. The summed E-state index contributed by atoms with van der Waals surface area (Å²) in [5.74, 6) is -18.9. The number of aliphatic hydroxyl groups excluding tert-OH is 1. The van der Waals surface area contributed by atoms with Crippen LogP contribution in [0.2, 0.25) is 0 Å². The number of fused-ring (bicyclic) bond motifs is 9. The third-order valence-corrected chi connectivity index (χ3v) is 18.6. The maximum absolute atomic E-state index is 15.1. The number of carbonyl (C=O) groups excluding carboxylic acids is 12. The molecule has 0 aromatic heterocycles. The van der Waals surface area contributed by atoms with Crippen LogP contribution in [0.4, 0.5) is 0 Å². The molecule has 43 nitrogen and oxygen atoms in total. The smallest absolute Gasteiger partial charge is 0.326 e. The molecule has 12 amide bonds. The topological polar surface area (TPSA) is 739 Å². The van der Waals surface area contributed by atoms with Crippen molar-refractivity contribution in [3.8, 4) is 5.75 Å². The van der Waals surface area contributed by atoms with E-state index in [0.717, 1.165) is 26.5 Å². The number of aliphatic carboxylic acids is 2. The van der Waals surface area contributed by atoms with Gasteiger partial charge in [-0.3, -0.25) is 82.3 Å². The molecule has 3 aliphatic rings. The van der Waals surface area contributed by atoms with Crippen LogP contribution in [0.25, 0.3) is 0 Å². The van der Waals surface area contributed by atoms with E-state index in [2.05, 4.69) is 78.5 Å². The number of amides is 12. The monoisotopic (exact) mass is 1530 g/mol. The van der Waals surface area contributed by atoms with E-state index < -0.39 is 199 Å². The maximum Gasteiger partial charge on any atom is 0.326 e. The van der Waals surface area contributed by atoms with E-state index in [1.54, 1.807) is 0 Å². The summed E-state index contributed by atoms with van der Waals surface area (Å²) in [5, 5.41) is 68.6. The first-order valence-corrected chi connectivity index (χ1v) is 36.1. The maximum atomic E-state index is 15.1. The van der Waals surface area contributed by atoms with Gasteiger partial charge in [-0.1, -0.05) is 45.9 Å². The number of nitrogens with two attached hydrogens (primary N) is 9. The molecule has 0 saturated carbocycles. The molecule has 0 unspecified atom stereocenters. The van der Waals surface area contributed by atoms with E-state index in [4.69, 9.17) is 51.6 Å². The lowest BCUT2D eigenvalue weighted by Crippen LogP contribution is -2.61. The molecule has 586 valence electrons. The molecule has 106 heavy (non-hydrogen) atoms. The number of benzene rings is 1. The van der Waals surface area contributed by atoms with Crippen molar-refractivity contribution in [3.63, 3.8) is 0 Å². The summed E-state index contributed by atoms with van der Waals surface area (Å²) in [6, 6.07) is -15.5. The minimum atomic E-state index is -2.04. The van der Waals surface area contributed by atoms with Crippen molar-refractivity contribution in [3.05, 3.63) is 42.0 Å². The Hall–Kier alpha value is -11.0. The number of hydrogen-bond acceptors (Lipinski definition) is 23. The Bertz CT molecular complexity index is 3410. The molecule has 1 aromatic rings. The molecule has 2 saturated heterocycles. The molecular formula is C61H97N25O18S2. The van der Waals surface area contributed by atoms with Gasteiger partial charge >= 0.3 is 11.9 Å². The zero-order valence-electron chi connectivity index (χ0n) is 57.9. The van der Waals surface area contributed by atoms with Crippen molar-refractivity contribution < 1.29 is 87.5 Å². The van der Waals surface area contributed by atoms with Gasteiger partial charge in [0.2, 0.25) is 70.9 Å². The number of carboxylic acid groups (broad SMARTS) is 2. The van der Waals surface area contributed by atoms with Crippen LogP contribution in [-0.2, 0) is 73.5 Å². The molecule has 0 aliphatic carbocycles. The Labute approximate surface area is 615 Å². The molecule has 2 fully saturated rings. The first-order valence-electron chi connectivity index (χ1n) is 33.6. The van der Waals surface area contributed by atoms with Crippen LogP contribution in [-0.4, -0.2) is 262 Å². The number of aliphatic imine (C=N–C) groups is 4. The highest BCUT2D eigenvalue weighted by molar-refractivity contribution is 8.76. The molecule has 0 spiro atoms. The van der Waals surface area contributed by atoms with Gasteiger partial charge < -0.3 is 135 Å². The van der Waals surface area contributed by atoms with Gasteiger partial charge in [0.15, 0.2) is 23.8 Å². The molecule has 3 heterocycles. The number of phenols is 1. The number of carboxylic acids is 2. The van der Waals surface area contributed by atoms with E-state index in [9.17, 15) is 73.2 Å². The normalized spacial score (nSPS) is 24.2. The molecule has 45 heteroatoms. The number of aliphatic hydroxyl groups is 1. The van der Waals surface area contributed by atoms with Crippen LogP contribution in [0.1, 0.15) is 89.0 Å². The quantitative estimate of drug-likeness (QED) is 0.0135. The fraction of sp³-hybridized carbons (Fsp3) is 0.574. The fourth-order valence-electron chi connectivity index (χ4n) is 10.7. The Morgan fingerprint density at radius 1 is 0.547 bits per heavy atom. The predicted octanol–water partition coefficient (Wildman–Crippen LogP) is -10.3. The summed E-state index contributed by atoms with van der Waals surface area (Å²) in [5.41, 5.74) is 50.5. The van der Waals surface area contributed by atoms with Gasteiger partial charge in [-0.05, 0) is 94.7 Å². The first-order chi connectivity index (χ1) is 50.3. The van der Waals surface area contributed by atoms with E-state index >= 15 is 14.4 Å². The summed E-state index contributed by atoms with van der Waals surface area (Å²) in [4.78, 5) is 217. The number of nitrogens with one attached hydrogen (secondary N) is 11. The van der Waals surface area contributed by atoms with Crippen molar-refractivity contribution in [1.82, 2.24) is 63.4 Å². The molecule has 3 aliphatic heterocycles. The lowest BCUT2D eigenvalue weighted by atomic mass is 10.0. The second-order valence-electron chi connectivity index (χ2n) is 24.4. The van der Waals surface area contributed by atoms with Crippen LogP contribution in [0, 0.1) is 0 Å². The molecule has 4 rings (SSSR count). The lowest BCUT2D eigenvalue weighted by molar-refractivity contribution is -0.146. The summed E-state index contributed by atoms with van der Waals surface area (Å²) in [7, 11) is 1.63. The second kappa shape index (κ2) is 45.3. The highest BCUT2D eigenvalue weighted by Crippen LogP contribution is 2.25. The van der Waals surface area contributed by atoms with E-state index in [-0.39, 0.29) is 133 Å². The highest BCUT2D eigenvalue weighted by Gasteiger charge is 2.42. The standard InChI is InChI=1S/C61H97N25O18S2/c62-26-44(89)75-41-28-105-106-29-42-54(100)79-35(11-4-20-72-59(65)66)48(94)82-38(24-30-15-17-31(88)18-16-30)51(97)77-34(10-3-19-71-58(63)64)46(92)76-32(47(93)81-37(57(103)104)13-6-22-74-61(69)70)8-1-2-9-33(78-53(41)99)49(95)84-40(27-87)52(98)83-39(25-45(90)91)56(102)86-23-7-14-43(86)55(101)80-36(50(96)85-42)12-5-21-73-60(67)68/h1-2,15-18,32-43,87-88H,3-14,19-29,62H2,(H,75,89)(H,76,92)(H,77,97)(H,78,99)(H,79,100)(H,80,101)(H,81,93)(H,82,94)(H,83,98)(H,84,95)(H,85,96)(H,90,91)(H,103,104)(H4,63,64,71)(H4,65,66,72)(H4,67,68,73)(H4,69,70,74)/b2-1-/t32-,33-,34-,35-,36-,37-,38-,39-,40-,41-,42-,43-/m0/s1. The number of aromatic hydroxyl groups is 1. The van der Waals surface area contributed by atoms with Crippen molar-refractivity contribution in [2.45, 2.75) is 162 Å². The number of nitrogens with zero attached hydrogens (tertiary/aromatic N) is 5. The molecular weight excluding hydrogens is 1430 g/mol. The Balaban J connectivity index is 2.09. The van der Waals surface area contributed by atoms with Crippen LogP contribution in [0.15, 0.2) is 56.4 Å². The zero-order valence-corrected chi connectivity index (χ0v) is 59.5. The van der Waals surface area contributed by atoms with Crippen molar-refractivity contribution >= 4 is 128 Å². The fourth-order valence-corrected chi connectivity index (χ4v) is 13.1. The summed E-state index contributed by atoms with van der Waals surface area (Å²) < 4.78 is 0. The van der Waals surface area contributed by atoms with Gasteiger partial charge in [-0.2, -0.15) is 0 Å². The number of phenolic OH excluding ortho intramolecular Hbond substituents is 1. The third-order valence-electron chi connectivity index (χ3n) is 16.2. The van der Waals surface area contributed by atoms with Gasteiger partial charge in [0, 0.05) is 50.7 Å². The van der Waals surface area contributed by atoms with E-state index in [1.165, 1.54) is 36.4 Å². The van der Waals surface area contributed by atoms with Gasteiger partial charge in [0.25, 0.3) is 0 Å². The molecule has 12 atom stereocenters. The molecule has 0 radical (unpaired) electrons. The molecule has 33 N–H and O–H groups in total. The van der Waals surface area contributed by atoms with Crippen molar-refractivity contribution in [1.29, 1.82) is 0 Å². The van der Waals surface area contributed by atoms with Gasteiger partial charge in [-0.25, -0.2) is 4.79 Å². The SMILES string of the molecule is NCC(=O)N[C@H]1CSSC[C@@H]2NC(=O)[C@H](CCCN=C(N)N)NC(=O)[C@@H]3CCCN3C(=O)[C@H](CC(=O)O)NC(=O)[C@H](CO)NC(=O)[C@H](C/C=C\C[C@@H](C(=O)N[C@@H](CCCN=C(N)N)C(=O)O)NC(=O)[C@H](CCCN=C(N)N)NC(=O)[C@H](Cc3ccc(O)cc3)NC(=O)[C@H](CCCN=C(N)N)NC2=O)NC1=O. The van der Waals surface area contributed by atoms with E-state index in [0.29, 0.717) is 5.56 Å². The number of carbonyl (C=O) groups is 14. The van der Waals surface area contributed by atoms with Gasteiger partial charge in [-0.15, -0.1) is 0 Å². The summed E-state index contributed by atoms with van der Waals surface area (Å²) in [6.07, 6.45) is -1.57. The van der Waals surface area contributed by atoms with E-state index in [1.807, 2.05) is 0 Å². The first kappa shape index (κ1) is 87.4. The average Bonchev–Trinajstić information content (AvgIpc) is 1.65. The highest BCUT2D eigenvalue weighted by atomic mass is 33.1. The Morgan fingerprint density at radius 2 is 1.01 bits per heavy atom. The van der Waals surface area contributed by atoms with Gasteiger partial charge in [0.1, 0.15) is 78.3 Å².